The van der Waals surface area contributed by atoms with E-state index >= 15 is 0 Å². The second-order valence-corrected chi connectivity index (χ2v) is 6.34. The molecule has 0 fully saturated rings. The number of rotatable bonds is 7. The van der Waals surface area contributed by atoms with Gasteiger partial charge in [0.1, 0.15) is 0 Å². The Balaban J connectivity index is 2.60. The molecule has 2 unspecified atom stereocenters. The van der Waals surface area contributed by atoms with E-state index in [0.717, 1.165) is 11.3 Å². The van der Waals surface area contributed by atoms with Crippen LogP contribution in [-0.4, -0.2) is 35.8 Å². The monoisotopic (exact) mass is 310 g/mol. The molecule has 1 rings (SSSR count). The number of thioether (sulfide) groups is 1. The molecule has 118 valence electrons. The van der Waals surface area contributed by atoms with Crippen molar-refractivity contribution < 1.29 is 9.90 Å². The minimum Gasteiger partial charge on any atom is -0.396 e. The van der Waals surface area contributed by atoms with Gasteiger partial charge in [0.2, 0.25) is 0 Å². The highest BCUT2D eigenvalue weighted by molar-refractivity contribution is 7.98. The van der Waals surface area contributed by atoms with Crippen molar-refractivity contribution in [3.8, 4) is 0 Å². The minimum absolute atomic E-state index is 0.00329. The number of hydrogen-bond donors (Lipinski definition) is 3. The molecule has 0 aliphatic heterocycles. The fourth-order valence-corrected chi connectivity index (χ4v) is 2.97. The van der Waals surface area contributed by atoms with E-state index in [0.29, 0.717) is 6.42 Å². The summed E-state index contributed by atoms with van der Waals surface area (Å²) in [6.45, 7) is 6.17. The molecule has 0 bridgehead atoms. The van der Waals surface area contributed by atoms with Gasteiger partial charge < -0.3 is 15.7 Å². The number of urea groups is 1. The highest BCUT2D eigenvalue weighted by Gasteiger charge is 2.14. The van der Waals surface area contributed by atoms with E-state index in [2.05, 4.69) is 42.7 Å². The number of hydrogen-bond acceptors (Lipinski definition) is 3. The number of carbonyl (C=O) groups is 1. The lowest BCUT2D eigenvalue weighted by atomic mass is 10.0. The average molecular weight is 310 g/mol. The molecule has 5 heteroatoms. The van der Waals surface area contributed by atoms with Crippen molar-refractivity contribution in [2.45, 2.75) is 39.3 Å². The SMILES string of the molecule is CSCC(CCO)NC(=O)NC(C)c1cc(C)cc(C)c1. The molecule has 0 radical (unpaired) electrons. The van der Waals surface area contributed by atoms with E-state index in [-0.39, 0.29) is 24.7 Å². The largest absolute Gasteiger partial charge is 0.396 e. The zero-order valence-corrected chi connectivity index (χ0v) is 14.1. The van der Waals surface area contributed by atoms with Gasteiger partial charge in [-0.1, -0.05) is 29.3 Å². The predicted molar refractivity (Wildman–Crippen MR) is 89.9 cm³/mol. The van der Waals surface area contributed by atoms with Gasteiger partial charge in [-0.3, -0.25) is 0 Å². The summed E-state index contributed by atoms with van der Waals surface area (Å²) < 4.78 is 0. The molecule has 21 heavy (non-hydrogen) atoms. The Morgan fingerprint density at radius 3 is 2.38 bits per heavy atom. The van der Waals surface area contributed by atoms with Crippen LogP contribution in [-0.2, 0) is 0 Å². The second-order valence-electron chi connectivity index (χ2n) is 5.43. The summed E-state index contributed by atoms with van der Waals surface area (Å²) in [6, 6.07) is 6.06. The molecule has 3 N–H and O–H groups in total. The predicted octanol–water partition coefficient (Wildman–Crippen LogP) is 2.78. The number of benzene rings is 1. The van der Waals surface area contributed by atoms with E-state index in [4.69, 9.17) is 5.11 Å². The van der Waals surface area contributed by atoms with E-state index in [1.807, 2.05) is 13.2 Å². The van der Waals surface area contributed by atoms with Crippen LogP contribution in [0.15, 0.2) is 18.2 Å². The van der Waals surface area contributed by atoms with E-state index < -0.39 is 0 Å². The smallest absolute Gasteiger partial charge is 0.315 e. The Kier molecular flexibility index (Phi) is 7.61. The van der Waals surface area contributed by atoms with Gasteiger partial charge >= 0.3 is 6.03 Å². The summed E-state index contributed by atoms with van der Waals surface area (Å²) in [6.07, 6.45) is 2.56. The molecule has 2 amide bonds. The van der Waals surface area contributed by atoms with Gasteiger partial charge in [0, 0.05) is 18.4 Å². The zero-order valence-electron chi connectivity index (χ0n) is 13.3. The van der Waals surface area contributed by atoms with Gasteiger partial charge in [0.25, 0.3) is 0 Å². The maximum Gasteiger partial charge on any atom is 0.315 e. The summed E-state index contributed by atoms with van der Waals surface area (Å²) in [4.78, 5) is 12.0. The van der Waals surface area contributed by atoms with Crippen molar-refractivity contribution in [3.05, 3.63) is 34.9 Å². The molecule has 2 atom stereocenters. The van der Waals surface area contributed by atoms with Crippen LogP contribution in [0, 0.1) is 13.8 Å². The summed E-state index contributed by atoms with van der Waals surface area (Å²) in [5, 5.41) is 14.9. The molecular formula is C16H26N2O2S. The summed E-state index contributed by atoms with van der Waals surface area (Å²) in [5.41, 5.74) is 3.49. The molecule has 4 nitrogen and oxygen atoms in total. The van der Waals surface area contributed by atoms with Crippen LogP contribution in [0.25, 0.3) is 0 Å². The van der Waals surface area contributed by atoms with Crippen LogP contribution in [0.3, 0.4) is 0 Å². The van der Waals surface area contributed by atoms with Crippen LogP contribution in [0.5, 0.6) is 0 Å². The maximum absolute atomic E-state index is 12.0. The number of aliphatic hydroxyl groups is 1. The van der Waals surface area contributed by atoms with Gasteiger partial charge in [-0.2, -0.15) is 11.8 Å². The lowest BCUT2D eigenvalue weighted by Gasteiger charge is -2.20. The van der Waals surface area contributed by atoms with Crippen LogP contribution in [0.4, 0.5) is 4.79 Å². The van der Waals surface area contributed by atoms with Crippen LogP contribution in [0.2, 0.25) is 0 Å². The fraction of sp³-hybridized carbons (Fsp3) is 0.562. The fourth-order valence-electron chi connectivity index (χ4n) is 2.32. The molecule has 0 spiro atoms. The Morgan fingerprint density at radius 1 is 1.24 bits per heavy atom. The summed E-state index contributed by atoms with van der Waals surface area (Å²) in [5.74, 6) is 0.798. The number of aryl methyl sites for hydroxylation is 2. The molecule has 1 aromatic rings. The first-order chi connectivity index (χ1) is 9.96. The van der Waals surface area contributed by atoms with Gasteiger partial charge in [0.15, 0.2) is 0 Å². The molecule has 0 heterocycles. The summed E-state index contributed by atoms with van der Waals surface area (Å²) in [7, 11) is 0. The molecule has 0 saturated carbocycles. The van der Waals surface area contributed by atoms with Gasteiger partial charge in [-0.15, -0.1) is 0 Å². The first-order valence-corrected chi connectivity index (χ1v) is 8.60. The second kappa shape index (κ2) is 8.95. The van der Waals surface area contributed by atoms with Gasteiger partial charge in [-0.25, -0.2) is 4.79 Å². The normalized spacial score (nSPS) is 13.6. The first-order valence-electron chi connectivity index (χ1n) is 7.21. The van der Waals surface area contributed by atoms with Crippen molar-refractivity contribution in [3.63, 3.8) is 0 Å². The van der Waals surface area contributed by atoms with Gasteiger partial charge in [-0.05, 0) is 39.0 Å². The van der Waals surface area contributed by atoms with E-state index in [1.165, 1.54) is 11.1 Å². The van der Waals surface area contributed by atoms with Crippen molar-refractivity contribution in [1.29, 1.82) is 0 Å². The van der Waals surface area contributed by atoms with Crippen LogP contribution < -0.4 is 10.6 Å². The highest BCUT2D eigenvalue weighted by Crippen LogP contribution is 2.16. The van der Waals surface area contributed by atoms with Crippen molar-refractivity contribution in [2.75, 3.05) is 18.6 Å². The van der Waals surface area contributed by atoms with Crippen molar-refractivity contribution in [2.24, 2.45) is 0 Å². The maximum atomic E-state index is 12.0. The molecule has 0 aromatic heterocycles. The van der Waals surface area contributed by atoms with Crippen LogP contribution >= 0.6 is 11.8 Å². The zero-order chi connectivity index (χ0) is 15.8. The third-order valence-electron chi connectivity index (χ3n) is 3.27. The lowest BCUT2D eigenvalue weighted by molar-refractivity contribution is 0.229. The van der Waals surface area contributed by atoms with E-state index in [9.17, 15) is 4.79 Å². The van der Waals surface area contributed by atoms with Crippen LogP contribution in [0.1, 0.15) is 36.1 Å². The van der Waals surface area contributed by atoms with Crippen molar-refractivity contribution >= 4 is 17.8 Å². The quantitative estimate of drug-likeness (QED) is 0.726. The average Bonchev–Trinajstić information content (AvgIpc) is 2.37. The Hall–Kier alpha value is -1.20. The van der Waals surface area contributed by atoms with E-state index in [1.54, 1.807) is 11.8 Å². The van der Waals surface area contributed by atoms with Gasteiger partial charge in [0.05, 0.1) is 6.04 Å². The highest BCUT2D eigenvalue weighted by atomic mass is 32.2. The van der Waals surface area contributed by atoms with Crippen molar-refractivity contribution in [1.82, 2.24) is 10.6 Å². The third kappa shape index (κ3) is 6.40. The standard InChI is InChI=1S/C16H26N2O2S/c1-11-7-12(2)9-14(8-11)13(3)17-16(20)18-15(5-6-19)10-21-4/h7-9,13,15,19H,5-6,10H2,1-4H3,(H2,17,18,20). The number of aliphatic hydroxyl groups excluding tert-OH is 1. The number of amides is 2. The minimum atomic E-state index is -0.186. The third-order valence-corrected chi connectivity index (χ3v) is 4.01. The Morgan fingerprint density at radius 2 is 1.86 bits per heavy atom. The summed E-state index contributed by atoms with van der Waals surface area (Å²) >= 11 is 1.66. The Bertz CT molecular complexity index is 439. The molecule has 1 aromatic carbocycles. The first kappa shape index (κ1) is 17.9. The molecular weight excluding hydrogens is 284 g/mol. The molecule has 0 aliphatic carbocycles. The molecule has 0 aliphatic rings. The molecule has 0 saturated heterocycles. The number of carbonyl (C=O) groups excluding carboxylic acids is 1. The topological polar surface area (TPSA) is 61.4 Å². The Labute approximate surface area is 131 Å². The lowest BCUT2D eigenvalue weighted by Crippen LogP contribution is -2.44. The number of nitrogens with one attached hydrogen (secondary N) is 2.